The van der Waals surface area contributed by atoms with Gasteiger partial charge in [0, 0.05) is 11.6 Å². The van der Waals surface area contributed by atoms with Crippen LogP contribution in [-0.4, -0.2) is 32.3 Å². The van der Waals surface area contributed by atoms with E-state index in [0.717, 1.165) is 12.8 Å². The molecule has 32 heavy (non-hydrogen) atoms. The summed E-state index contributed by atoms with van der Waals surface area (Å²) >= 11 is 0. The van der Waals surface area contributed by atoms with Crippen LogP contribution >= 0.6 is 0 Å². The zero-order valence-corrected chi connectivity index (χ0v) is 18.8. The maximum absolute atomic E-state index is 12.8. The van der Waals surface area contributed by atoms with Gasteiger partial charge in [-0.2, -0.15) is 0 Å². The lowest BCUT2D eigenvalue weighted by atomic mass is 9.90. The second-order valence-electron chi connectivity index (χ2n) is 8.55. The standard InChI is InChI=1S/C26H30O6/c1-14(2)6-5-7-15(3)8-9-17-12-18(10-11-19(17)27)26-25(31)24(30)22-21(32-26)13-20(28)16(4)23(22)29/h6,8,10-13,25-29,31H,5,7,9H2,1-4H3/t25-,26+/m0/s1. The van der Waals surface area contributed by atoms with Crippen LogP contribution in [0.25, 0.3) is 0 Å². The molecule has 2 aromatic carbocycles. The third kappa shape index (κ3) is 4.81. The average molecular weight is 439 g/mol. The minimum Gasteiger partial charge on any atom is -0.508 e. The number of ether oxygens (including phenoxy) is 1. The molecule has 0 unspecified atom stereocenters. The number of carbonyl (C=O) groups is 1. The molecule has 170 valence electrons. The predicted molar refractivity (Wildman–Crippen MR) is 122 cm³/mol. The van der Waals surface area contributed by atoms with Crippen LogP contribution in [0, 0.1) is 6.92 Å². The summed E-state index contributed by atoms with van der Waals surface area (Å²) in [4.78, 5) is 12.8. The fourth-order valence-corrected chi connectivity index (χ4v) is 3.72. The Labute approximate surface area is 188 Å². The predicted octanol–water partition coefficient (Wildman–Crippen LogP) is 5.02. The Hall–Kier alpha value is -3.25. The first-order valence-corrected chi connectivity index (χ1v) is 10.6. The van der Waals surface area contributed by atoms with Crippen molar-refractivity contribution >= 4 is 5.78 Å². The highest BCUT2D eigenvalue weighted by Crippen LogP contribution is 2.44. The number of aromatic hydroxyl groups is 3. The van der Waals surface area contributed by atoms with Crippen LogP contribution in [0.3, 0.4) is 0 Å². The van der Waals surface area contributed by atoms with Gasteiger partial charge in [-0.05, 0) is 70.2 Å². The van der Waals surface area contributed by atoms with Gasteiger partial charge >= 0.3 is 0 Å². The molecule has 1 aliphatic heterocycles. The molecule has 0 fully saturated rings. The number of aliphatic hydroxyl groups excluding tert-OH is 1. The molecule has 0 saturated carbocycles. The molecule has 6 heteroatoms. The molecule has 0 spiro atoms. The Kier molecular flexibility index (Phi) is 6.94. The number of rotatable bonds is 6. The number of hydrogen-bond donors (Lipinski definition) is 4. The zero-order chi connectivity index (χ0) is 23.6. The van der Waals surface area contributed by atoms with Crippen LogP contribution in [0.2, 0.25) is 0 Å². The van der Waals surface area contributed by atoms with Gasteiger partial charge in [0.25, 0.3) is 0 Å². The van der Waals surface area contributed by atoms with Crippen molar-refractivity contribution < 1.29 is 30.0 Å². The van der Waals surface area contributed by atoms with Gasteiger partial charge in [0.2, 0.25) is 5.78 Å². The molecule has 0 radical (unpaired) electrons. The minimum atomic E-state index is -1.53. The zero-order valence-electron chi connectivity index (χ0n) is 18.8. The summed E-state index contributed by atoms with van der Waals surface area (Å²) in [5.41, 5.74) is 3.64. The summed E-state index contributed by atoms with van der Waals surface area (Å²) in [7, 11) is 0. The SMILES string of the molecule is CC(C)=CCCC(C)=CCc1cc([C@H]2Oc3cc(O)c(C)c(O)c3C(=O)[C@@H]2O)ccc1O. The minimum absolute atomic E-state index is 0.00976. The van der Waals surface area contributed by atoms with Crippen LogP contribution in [0.4, 0.5) is 0 Å². The van der Waals surface area contributed by atoms with Crippen molar-refractivity contribution in [1.82, 2.24) is 0 Å². The Morgan fingerprint density at radius 1 is 1.06 bits per heavy atom. The highest BCUT2D eigenvalue weighted by atomic mass is 16.5. The molecule has 0 saturated heterocycles. The van der Waals surface area contributed by atoms with Gasteiger partial charge in [-0.25, -0.2) is 0 Å². The van der Waals surface area contributed by atoms with E-state index < -0.39 is 23.7 Å². The van der Waals surface area contributed by atoms with Crippen molar-refractivity contribution in [2.75, 3.05) is 0 Å². The number of aliphatic hydroxyl groups is 1. The Morgan fingerprint density at radius 3 is 2.47 bits per heavy atom. The van der Waals surface area contributed by atoms with Gasteiger partial charge in [0.05, 0.1) is 0 Å². The molecule has 0 bridgehead atoms. The van der Waals surface area contributed by atoms with E-state index in [-0.39, 0.29) is 28.4 Å². The van der Waals surface area contributed by atoms with Crippen molar-refractivity contribution in [3.8, 4) is 23.0 Å². The quantitative estimate of drug-likeness (QED) is 0.472. The number of phenols is 3. The van der Waals surface area contributed by atoms with Crippen LogP contribution in [0.1, 0.15) is 66.8 Å². The summed E-state index contributed by atoms with van der Waals surface area (Å²) in [6.07, 6.45) is 4.05. The molecular weight excluding hydrogens is 408 g/mol. The second kappa shape index (κ2) is 9.49. The van der Waals surface area contributed by atoms with Crippen LogP contribution in [0.15, 0.2) is 47.6 Å². The van der Waals surface area contributed by atoms with Gasteiger partial charge in [0.15, 0.2) is 12.2 Å². The highest BCUT2D eigenvalue weighted by Gasteiger charge is 2.40. The van der Waals surface area contributed by atoms with Crippen molar-refractivity contribution in [2.24, 2.45) is 0 Å². The van der Waals surface area contributed by atoms with Crippen LogP contribution in [-0.2, 0) is 6.42 Å². The molecule has 1 aliphatic rings. The van der Waals surface area contributed by atoms with E-state index in [1.807, 2.05) is 6.92 Å². The summed E-state index contributed by atoms with van der Waals surface area (Å²) in [6.45, 7) is 7.65. The second-order valence-corrected chi connectivity index (χ2v) is 8.55. The van der Waals surface area contributed by atoms with E-state index in [0.29, 0.717) is 17.5 Å². The van der Waals surface area contributed by atoms with Gasteiger partial charge in [-0.15, -0.1) is 0 Å². The summed E-state index contributed by atoms with van der Waals surface area (Å²) in [5, 5.41) is 41.2. The van der Waals surface area contributed by atoms with E-state index in [9.17, 15) is 25.2 Å². The molecule has 1 heterocycles. The Bertz CT molecular complexity index is 1090. The number of hydrogen-bond acceptors (Lipinski definition) is 6. The van der Waals surface area contributed by atoms with E-state index in [1.54, 1.807) is 12.1 Å². The van der Waals surface area contributed by atoms with Crippen molar-refractivity contribution in [2.45, 2.75) is 59.2 Å². The first-order chi connectivity index (χ1) is 15.1. The van der Waals surface area contributed by atoms with E-state index in [2.05, 4.69) is 26.0 Å². The van der Waals surface area contributed by atoms with Gasteiger partial charge in [0.1, 0.15) is 28.6 Å². The molecule has 0 aliphatic carbocycles. The van der Waals surface area contributed by atoms with Gasteiger partial charge < -0.3 is 25.2 Å². The third-order valence-electron chi connectivity index (χ3n) is 5.74. The maximum atomic E-state index is 12.8. The van der Waals surface area contributed by atoms with Gasteiger partial charge in [-0.1, -0.05) is 29.4 Å². The number of benzene rings is 2. The fraction of sp³-hybridized carbons (Fsp3) is 0.346. The molecule has 3 rings (SSSR count). The van der Waals surface area contributed by atoms with E-state index in [4.69, 9.17) is 4.74 Å². The van der Waals surface area contributed by atoms with Crippen molar-refractivity contribution in [3.63, 3.8) is 0 Å². The number of fused-ring (bicyclic) bond motifs is 1. The first-order valence-electron chi connectivity index (χ1n) is 10.6. The average Bonchev–Trinajstić information content (AvgIpc) is 2.73. The number of allylic oxidation sites excluding steroid dienone is 4. The number of carbonyl (C=O) groups excluding carboxylic acids is 1. The van der Waals surface area contributed by atoms with Crippen LogP contribution in [0.5, 0.6) is 23.0 Å². The largest absolute Gasteiger partial charge is 0.508 e. The summed E-state index contributed by atoms with van der Waals surface area (Å²) in [5.74, 6) is -1.16. The molecule has 2 atom stereocenters. The summed E-state index contributed by atoms with van der Waals surface area (Å²) < 4.78 is 5.82. The molecular formula is C26H30O6. The van der Waals surface area contributed by atoms with Crippen molar-refractivity contribution in [3.05, 3.63) is 69.8 Å². The third-order valence-corrected chi connectivity index (χ3v) is 5.74. The summed E-state index contributed by atoms with van der Waals surface area (Å²) in [6, 6.07) is 6.07. The molecule has 0 amide bonds. The monoisotopic (exact) mass is 438 g/mol. The van der Waals surface area contributed by atoms with E-state index >= 15 is 0 Å². The molecule has 2 aromatic rings. The maximum Gasteiger partial charge on any atom is 0.202 e. The highest BCUT2D eigenvalue weighted by molar-refractivity contribution is 6.06. The normalized spacial score (nSPS) is 18.2. The van der Waals surface area contributed by atoms with Gasteiger partial charge in [-0.3, -0.25) is 4.79 Å². The molecule has 6 nitrogen and oxygen atoms in total. The lowest BCUT2D eigenvalue weighted by Crippen LogP contribution is -2.36. The topological polar surface area (TPSA) is 107 Å². The first kappa shape index (κ1) is 23.4. The fourth-order valence-electron chi connectivity index (χ4n) is 3.72. The van der Waals surface area contributed by atoms with Crippen molar-refractivity contribution in [1.29, 1.82) is 0 Å². The molecule has 0 aromatic heterocycles. The number of phenolic OH excluding ortho intramolecular Hbond substituents is 3. The Morgan fingerprint density at radius 2 is 1.78 bits per heavy atom. The van der Waals surface area contributed by atoms with E-state index in [1.165, 1.54) is 30.2 Å². The molecule has 4 N–H and O–H groups in total. The smallest absolute Gasteiger partial charge is 0.202 e. The number of Topliss-reactive ketones (excluding diaryl/α,β-unsaturated/α-hetero) is 1. The number of ketones is 1. The van der Waals surface area contributed by atoms with Crippen LogP contribution < -0.4 is 4.74 Å². The lowest BCUT2D eigenvalue weighted by molar-refractivity contribution is 0.0210. The lowest BCUT2D eigenvalue weighted by Gasteiger charge is -2.31. The Balaban J connectivity index is 1.86.